The van der Waals surface area contributed by atoms with Gasteiger partial charge in [0.25, 0.3) is 10.0 Å². The third-order valence-electron chi connectivity index (χ3n) is 4.68. The van der Waals surface area contributed by atoms with Crippen LogP contribution in [0.15, 0.2) is 53.6 Å². The lowest BCUT2D eigenvalue weighted by Crippen LogP contribution is -2.28. The van der Waals surface area contributed by atoms with Crippen molar-refractivity contribution in [2.24, 2.45) is 0 Å². The molecule has 0 amide bonds. The number of rotatable bonds is 8. The third kappa shape index (κ3) is 4.20. The third-order valence-corrected chi connectivity index (χ3v) is 6.37. The molecule has 31 heavy (non-hydrogen) atoms. The predicted molar refractivity (Wildman–Crippen MR) is 115 cm³/mol. The summed E-state index contributed by atoms with van der Waals surface area (Å²) in [6, 6.07) is 10.4. The van der Waals surface area contributed by atoms with Crippen LogP contribution in [0.5, 0.6) is 23.0 Å². The number of benzene rings is 2. The quantitative estimate of drug-likeness (QED) is 0.494. The molecule has 0 saturated heterocycles. The van der Waals surface area contributed by atoms with E-state index < -0.39 is 17.1 Å². The van der Waals surface area contributed by atoms with Crippen LogP contribution in [0.4, 0.5) is 0 Å². The second-order valence-corrected chi connectivity index (χ2v) is 8.24. The number of ether oxygens (including phenoxy) is 4. The van der Waals surface area contributed by atoms with Crippen LogP contribution in [0, 0.1) is 0 Å². The molecule has 11 heteroatoms. The van der Waals surface area contributed by atoms with E-state index in [0.717, 1.165) is 10.2 Å². The van der Waals surface area contributed by atoms with E-state index >= 15 is 0 Å². The lowest BCUT2D eigenvalue weighted by molar-refractivity contribution is 0.324. The van der Waals surface area contributed by atoms with Gasteiger partial charge >= 0.3 is 7.12 Å². The standard InChI is InChI=1S/C20H22BNO8S/c1-27-15-5-7-16(8-6-15)31(25,26)22-12-14(21(23)24)11-17(22)13-9-18(28-2)20(30-4)19(10-13)29-3/h5-12,23-24H,1-4H3. The Morgan fingerprint density at radius 3 is 1.87 bits per heavy atom. The molecular formula is C20H22BNO8S. The number of hydrogen-bond acceptors (Lipinski definition) is 8. The van der Waals surface area contributed by atoms with Gasteiger partial charge in [-0.05, 0) is 42.5 Å². The summed E-state index contributed by atoms with van der Waals surface area (Å²) >= 11 is 0. The van der Waals surface area contributed by atoms with E-state index in [2.05, 4.69) is 0 Å². The summed E-state index contributed by atoms with van der Waals surface area (Å²) in [5.41, 5.74) is 0.581. The lowest BCUT2D eigenvalue weighted by atomic mass is 9.82. The highest BCUT2D eigenvalue weighted by Gasteiger charge is 2.26. The fraction of sp³-hybridized carbons (Fsp3) is 0.200. The fourth-order valence-electron chi connectivity index (χ4n) is 3.10. The molecule has 0 spiro atoms. The van der Waals surface area contributed by atoms with E-state index in [1.807, 2.05) is 0 Å². The average molecular weight is 447 g/mol. The van der Waals surface area contributed by atoms with E-state index in [9.17, 15) is 18.5 Å². The van der Waals surface area contributed by atoms with Crippen LogP contribution in [0.3, 0.4) is 0 Å². The number of nitrogens with zero attached hydrogens (tertiary/aromatic N) is 1. The number of hydrogen-bond donors (Lipinski definition) is 2. The first-order valence-corrected chi connectivity index (χ1v) is 10.5. The largest absolute Gasteiger partial charge is 0.497 e. The molecule has 0 saturated carbocycles. The first-order valence-electron chi connectivity index (χ1n) is 9.05. The van der Waals surface area contributed by atoms with Crippen molar-refractivity contribution in [2.75, 3.05) is 28.4 Å². The molecule has 0 radical (unpaired) electrons. The predicted octanol–water partition coefficient (Wildman–Crippen LogP) is 1.11. The van der Waals surface area contributed by atoms with Crippen LogP contribution in [0.2, 0.25) is 0 Å². The molecular weight excluding hydrogens is 425 g/mol. The number of aromatic nitrogens is 1. The highest BCUT2D eigenvalue weighted by atomic mass is 32.2. The van der Waals surface area contributed by atoms with Crippen molar-refractivity contribution in [2.45, 2.75) is 4.90 Å². The van der Waals surface area contributed by atoms with E-state index in [-0.39, 0.29) is 16.1 Å². The highest BCUT2D eigenvalue weighted by Crippen LogP contribution is 2.41. The van der Waals surface area contributed by atoms with Gasteiger partial charge in [0.2, 0.25) is 5.75 Å². The summed E-state index contributed by atoms with van der Waals surface area (Å²) in [6.07, 6.45) is 1.16. The van der Waals surface area contributed by atoms with E-state index in [4.69, 9.17) is 18.9 Å². The SMILES string of the molecule is COc1ccc(S(=O)(=O)n2cc(B(O)O)cc2-c2cc(OC)c(OC)c(OC)c2)cc1. The van der Waals surface area contributed by atoms with Crippen molar-refractivity contribution in [3.8, 4) is 34.3 Å². The fourth-order valence-corrected chi connectivity index (χ4v) is 4.49. The topological polar surface area (TPSA) is 116 Å². The maximum absolute atomic E-state index is 13.4. The van der Waals surface area contributed by atoms with Gasteiger partial charge in [0.05, 0.1) is 39.0 Å². The summed E-state index contributed by atoms with van der Waals surface area (Å²) in [6.45, 7) is 0. The van der Waals surface area contributed by atoms with Crippen molar-refractivity contribution < 1.29 is 37.4 Å². The Morgan fingerprint density at radius 2 is 1.42 bits per heavy atom. The van der Waals surface area contributed by atoms with Gasteiger partial charge in [0.1, 0.15) is 5.75 Å². The summed E-state index contributed by atoms with van der Waals surface area (Å²) in [7, 11) is -0.134. The summed E-state index contributed by atoms with van der Waals surface area (Å²) in [4.78, 5) is -0.00317. The minimum Gasteiger partial charge on any atom is -0.497 e. The zero-order valence-corrected chi connectivity index (χ0v) is 18.2. The maximum atomic E-state index is 13.4. The van der Waals surface area contributed by atoms with Gasteiger partial charge in [-0.3, -0.25) is 0 Å². The molecule has 1 aromatic heterocycles. The Kier molecular flexibility index (Phi) is 6.49. The molecule has 0 atom stereocenters. The minimum atomic E-state index is -4.08. The van der Waals surface area contributed by atoms with Crippen molar-refractivity contribution in [3.05, 3.63) is 48.7 Å². The first-order chi connectivity index (χ1) is 14.8. The molecule has 0 aliphatic carbocycles. The molecule has 3 rings (SSSR count). The van der Waals surface area contributed by atoms with E-state index in [0.29, 0.717) is 28.6 Å². The van der Waals surface area contributed by atoms with Gasteiger partial charge in [-0.15, -0.1) is 0 Å². The maximum Gasteiger partial charge on any atom is 0.490 e. The molecule has 9 nitrogen and oxygen atoms in total. The molecule has 2 N–H and O–H groups in total. The summed E-state index contributed by atoms with van der Waals surface area (Å²) in [5, 5.41) is 19.3. The smallest absolute Gasteiger partial charge is 0.490 e. The van der Waals surface area contributed by atoms with Crippen molar-refractivity contribution >= 4 is 22.6 Å². The molecule has 3 aromatic rings. The van der Waals surface area contributed by atoms with Crippen LogP contribution in [0.1, 0.15) is 0 Å². The van der Waals surface area contributed by atoms with Crippen molar-refractivity contribution in [3.63, 3.8) is 0 Å². The molecule has 2 aromatic carbocycles. The Balaban J connectivity index is 2.25. The Morgan fingerprint density at radius 1 is 0.839 bits per heavy atom. The van der Waals surface area contributed by atoms with Gasteiger partial charge in [0.15, 0.2) is 11.5 Å². The minimum absolute atomic E-state index is 0.000776. The van der Waals surface area contributed by atoms with Crippen LogP contribution in [0.25, 0.3) is 11.3 Å². The van der Waals surface area contributed by atoms with Gasteiger partial charge in [-0.1, -0.05) is 0 Å². The highest BCUT2D eigenvalue weighted by molar-refractivity contribution is 7.90. The van der Waals surface area contributed by atoms with E-state index in [1.165, 1.54) is 58.8 Å². The molecule has 1 heterocycles. The molecule has 0 aliphatic heterocycles. The summed E-state index contributed by atoms with van der Waals surface area (Å²) in [5.74, 6) is 1.48. The van der Waals surface area contributed by atoms with Crippen LogP contribution in [-0.4, -0.2) is 58.0 Å². The zero-order chi connectivity index (χ0) is 22.8. The van der Waals surface area contributed by atoms with E-state index in [1.54, 1.807) is 12.1 Å². The first kappa shape index (κ1) is 22.5. The Hall–Kier alpha value is -3.15. The van der Waals surface area contributed by atoms with Gasteiger partial charge in [-0.2, -0.15) is 0 Å². The monoisotopic (exact) mass is 447 g/mol. The zero-order valence-electron chi connectivity index (χ0n) is 17.4. The second-order valence-electron chi connectivity index (χ2n) is 6.42. The molecule has 0 bridgehead atoms. The number of methoxy groups -OCH3 is 4. The average Bonchev–Trinajstić information content (AvgIpc) is 3.25. The lowest BCUT2D eigenvalue weighted by Gasteiger charge is -2.16. The molecule has 164 valence electrons. The van der Waals surface area contributed by atoms with Gasteiger partial charge in [-0.25, -0.2) is 12.4 Å². The molecule has 0 aliphatic rings. The summed E-state index contributed by atoms with van der Waals surface area (Å²) < 4.78 is 48.8. The van der Waals surface area contributed by atoms with Crippen LogP contribution in [-0.2, 0) is 10.0 Å². The van der Waals surface area contributed by atoms with Crippen LogP contribution >= 0.6 is 0 Å². The van der Waals surface area contributed by atoms with Crippen molar-refractivity contribution in [1.29, 1.82) is 0 Å². The van der Waals surface area contributed by atoms with Gasteiger partial charge in [0, 0.05) is 17.2 Å². The van der Waals surface area contributed by atoms with Crippen LogP contribution < -0.4 is 24.4 Å². The van der Waals surface area contributed by atoms with Gasteiger partial charge < -0.3 is 29.0 Å². The van der Waals surface area contributed by atoms with Crippen molar-refractivity contribution in [1.82, 2.24) is 3.97 Å². The Bertz CT molecular complexity index is 1150. The normalized spacial score (nSPS) is 11.2. The molecule has 0 unspecified atom stereocenters. The molecule has 0 fully saturated rings. The Labute approximate surface area is 180 Å². The second kappa shape index (κ2) is 8.92.